The first-order valence-electron chi connectivity index (χ1n) is 8.16. The van der Waals surface area contributed by atoms with Crippen LogP contribution in [-0.4, -0.2) is 63.1 Å². The Morgan fingerprint density at radius 3 is 2.62 bits per heavy atom. The van der Waals surface area contributed by atoms with Crippen LogP contribution in [0.3, 0.4) is 0 Å². The Morgan fingerprint density at radius 1 is 1.21 bits per heavy atom. The third-order valence-corrected chi connectivity index (χ3v) is 4.23. The molecule has 1 aliphatic rings. The number of piperidine rings is 1. The predicted octanol–water partition coefficient (Wildman–Crippen LogP) is 1.35. The van der Waals surface area contributed by atoms with Gasteiger partial charge < -0.3 is 9.80 Å². The lowest BCUT2D eigenvalue weighted by Crippen LogP contribution is -2.38. The summed E-state index contributed by atoms with van der Waals surface area (Å²) in [6.07, 6.45) is 6.86. The van der Waals surface area contributed by atoms with Gasteiger partial charge in [0.15, 0.2) is 5.69 Å². The molecule has 0 bridgehead atoms. The summed E-state index contributed by atoms with van der Waals surface area (Å²) in [5, 5.41) is 7.69. The van der Waals surface area contributed by atoms with Crippen molar-refractivity contribution in [2.24, 2.45) is 0 Å². The first-order chi connectivity index (χ1) is 11.6. The number of amides is 1. The average molecular weight is 326 g/mol. The second-order valence-electron chi connectivity index (χ2n) is 6.30. The molecule has 1 aliphatic heterocycles. The van der Waals surface area contributed by atoms with Crippen molar-refractivity contribution in [3.63, 3.8) is 0 Å². The summed E-state index contributed by atoms with van der Waals surface area (Å²) in [4.78, 5) is 25.5. The molecule has 2 aromatic rings. The van der Waals surface area contributed by atoms with Crippen molar-refractivity contribution in [3.8, 4) is 0 Å². The Kier molecular flexibility index (Phi) is 5.10. The summed E-state index contributed by atoms with van der Waals surface area (Å²) in [7, 11) is 4.06. The van der Waals surface area contributed by atoms with Gasteiger partial charge in [0.1, 0.15) is 0 Å². The molecule has 1 fully saturated rings. The van der Waals surface area contributed by atoms with Crippen LogP contribution in [0, 0.1) is 0 Å². The summed E-state index contributed by atoms with van der Waals surface area (Å²) in [6.45, 7) is 2.19. The molecule has 0 spiro atoms. The number of likely N-dealkylation sites (tertiary alicyclic amines) is 1. The Hall–Kier alpha value is -2.41. The lowest BCUT2D eigenvalue weighted by Gasteiger charge is -2.32. The van der Waals surface area contributed by atoms with Crippen LogP contribution >= 0.6 is 0 Å². The van der Waals surface area contributed by atoms with Gasteiger partial charge in [0, 0.05) is 44.1 Å². The van der Waals surface area contributed by atoms with Crippen LogP contribution in [0.5, 0.6) is 0 Å². The van der Waals surface area contributed by atoms with Crippen LogP contribution in [0.15, 0.2) is 30.7 Å². The van der Waals surface area contributed by atoms with Crippen LogP contribution in [-0.2, 0) is 6.54 Å². The molecule has 7 heteroatoms. The number of carbonyl (C=O) groups excluding carboxylic acids is 1. The molecule has 3 heterocycles. The van der Waals surface area contributed by atoms with Gasteiger partial charge in [0.05, 0.1) is 11.4 Å². The molecule has 1 saturated heterocycles. The number of aromatic nitrogens is 4. The number of carbonyl (C=O) groups is 1. The summed E-state index contributed by atoms with van der Waals surface area (Å²) in [5.41, 5.74) is 2.50. The maximum atomic E-state index is 12.4. The summed E-state index contributed by atoms with van der Waals surface area (Å²) in [6, 6.07) is 3.44. The van der Waals surface area contributed by atoms with E-state index in [4.69, 9.17) is 0 Å². The highest BCUT2D eigenvalue weighted by molar-refractivity contribution is 5.92. The van der Waals surface area contributed by atoms with Gasteiger partial charge in [-0.25, -0.2) is 0 Å². The van der Waals surface area contributed by atoms with E-state index in [1.165, 1.54) is 0 Å². The third kappa shape index (κ3) is 3.73. The number of hydrogen-bond acceptors (Lipinski definition) is 6. The Morgan fingerprint density at radius 2 is 1.96 bits per heavy atom. The summed E-state index contributed by atoms with van der Waals surface area (Å²) in [5.74, 6) is 0.300. The quantitative estimate of drug-likeness (QED) is 0.844. The van der Waals surface area contributed by atoms with Crippen LogP contribution in [0.1, 0.15) is 40.6 Å². The summed E-state index contributed by atoms with van der Waals surface area (Å²) < 4.78 is 0. The zero-order valence-corrected chi connectivity index (χ0v) is 14.1. The molecule has 0 saturated carbocycles. The normalized spacial score (nSPS) is 15.7. The van der Waals surface area contributed by atoms with Gasteiger partial charge in [-0.2, -0.15) is 5.10 Å². The molecule has 0 aliphatic carbocycles. The predicted molar refractivity (Wildman–Crippen MR) is 89.3 cm³/mol. The maximum Gasteiger partial charge on any atom is 0.274 e. The second kappa shape index (κ2) is 7.44. The van der Waals surface area contributed by atoms with Gasteiger partial charge in [0.25, 0.3) is 5.91 Å². The van der Waals surface area contributed by atoms with E-state index in [1.807, 2.05) is 19.0 Å². The maximum absolute atomic E-state index is 12.4. The fourth-order valence-electron chi connectivity index (χ4n) is 3.07. The van der Waals surface area contributed by atoms with E-state index in [9.17, 15) is 4.79 Å². The van der Waals surface area contributed by atoms with E-state index >= 15 is 0 Å². The Balaban J connectivity index is 1.66. The summed E-state index contributed by atoms with van der Waals surface area (Å²) >= 11 is 0. The van der Waals surface area contributed by atoms with E-state index in [-0.39, 0.29) is 5.91 Å². The molecule has 0 aromatic carbocycles. The topological polar surface area (TPSA) is 75.1 Å². The van der Waals surface area contributed by atoms with E-state index < -0.39 is 0 Å². The minimum atomic E-state index is -0.0470. The van der Waals surface area contributed by atoms with Crippen molar-refractivity contribution in [2.75, 3.05) is 27.2 Å². The molecule has 1 amide bonds. The molecule has 3 rings (SSSR count). The van der Waals surface area contributed by atoms with Crippen molar-refractivity contribution in [1.82, 2.24) is 30.0 Å². The van der Waals surface area contributed by atoms with Gasteiger partial charge in [-0.05, 0) is 39.1 Å². The van der Waals surface area contributed by atoms with Gasteiger partial charge in [0.2, 0.25) is 0 Å². The molecule has 0 atom stereocenters. The highest BCUT2D eigenvalue weighted by Crippen LogP contribution is 2.29. The van der Waals surface area contributed by atoms with E-state index in [0.29, 0.717) is 24.7 Å². The van der Waals surface area contributed by atoms with Crippen molar-refractivity contribution in [1.29, 1.82) is 0 Å². The van der Waals surface area contributed by atoms with Crippen LogP contribution < -0.4 is 0 Å². The van der Waals surface area contributed by atoms with Crippen molar-refractivity contribution < 1.29 is 4.79 Å². The average Bonchev–Trinajstić information content (AvgIpc) is 2.62. The van der Waals surface area contributed by atoms with Crippen LogP contribution in [0.2, 0.25) is 0 Å². The minimum Gasteiger partial charge on any atom is -0.337 e. The lowest BCUT2D eigenvalue weighted by molar-refractivity contribution is 0.0704. The van der Waals surface area contributed by atoms with Gasteiger partial charge >= 0.3 is 0 Å². The van der Waals surface area contributed by atoms with E-state index in [1.54, 1.807) is 30.7 Å². The van der Waals surface area contributed by atoms with E-state index in [2.05, 4.69) is 25.1 Å². The molecular formula is C17H22N6O. The minimum absolute atomic E-state index is 0.0470. The fraction of sp³-hybridized carbons (Fsp3) is 0.471. The molecule has 2 aromatic heterocycles. The van der Waals surface area contributed by atoms with Crippen molar-refractivity contribution >= 4 is 5.91 Å². The number of nitrogens with zero attached hydrogens (tertiary/aromatic N) is 6. The highest BCUT2D eigenvalue weighted by atomic mass is 16.2. The molecule has 7 nitrogen and oxygen atoms in total. The van der Waals surface area contributed by atoms with Crippen molar-refractivity contribution in [2.45, 2.75) is 25.3 Å². The SMILES string of the molecule is CN(C)Cc1nccnc1C1CCN(C(=O)c2cccnn2)CC1. The largest absolute Gasteiger partial charge is 0.337 e. The number of hydrogen-bond donors (Lipinski definition) is 0. The molecule has 24 heavy (non-hydrogen) atoms. The molecule has 0 unspecified atom stereocenters. The molecule has 0 N–H and O–H groups in total. The molecular weight excluding hydrogens is 304 g/mol. The third-order valence-electron chi connectivity index (χ3n) is 4.23. The zero-order valence-electron chi connectivity index (χ0n) is 14.1. The van der Waals surface area contributed by atoms with E-state index in [0.717, 1.165) is 30.8 Å². The fourth-order valence-corrected chi connectivity index (χ4v) is 3.07. The van der Waals surface area contributed by atoms with Crippen molar-refractivity contribution in [3.05, 3.63) is 47.8 Å². The van der Waals surface area contributed by atoms with Crippen LogP contribution in [0.4, 0.5) is 0 Å². The van der Waals surface area contributed by atoms with Gasteiger partial charge in [-0.15, -0.1) is 5.10 Å². The first kappa shape index (κ1) is 16.4. The lowest BCUT2D eigenvalue weighted by atomic mass is 9.91. The number of rotatable bonds is 4. The van der Waals surface area contributed by atoms with Crippen LogP contribution in [0.25, 0.3) is 0 Å². The Labute approximate surface area is 141 Å². The zero-order chi connectivity index (χ0) is 16.9. The smallest absolute Gasteiger partial charge is 0.274 e. The first-order valence-corrected chi connectivity index (χ1v) is 8.16. The standard InChI is InChI=1S/C17H22N6O/c1-22(2)12-15-16(19-9-8-18-15)13-5-10-23(11-6-13)17(24)14-4-3-7-20-21-14/h3-4,7-9,13H,5-6,10-12H2,1-2H3. The second-order valence-corrected chi connectivity index (χ2v) is 6.30. The van der Waals surface area contributed by atoms with Gasteiger partial charge in [-0.3, -0.25) is 14.8 Å². The van der Waals surface area contributed by atoms with Gasteiger partial charge in [-0.1, -0.05) is 0 Å². The monoisotopic (exact) mass is 326 g/mol. The Bertz CT molecular complexity index is 682. The molecule has 126 valence electrons. The molecule has 0 radical (unpaired) electrons. The highest BCUT2D eigenvalue weighted by Gasteiger charge is 2.27.